The maximum Gasteiger partial charge on any atom is 0.317 e. The fraction of sp³-hybridized carbons (Fsp3) is 0.250. The lowest BCUT2D eigenvalue weighted by Gasteiger charge is -2.15. The summed E-state index contributed by atoms with van der Waals surface area (Å²) in [5.74, 6) is 0. The minimum Gasteiger partial charge on any atom is -0.336 e. The highest BCUT2D eigenvalue weighted by atomic mass is 35.5. The van der Waals surface area contributed by atoms with E-state index in [-0.39, 0.29) is 22.5 Å². The molecule has 1 aromatic heterocycles. The first-order valence-electron chi connectivity index (χ1n) is 7.70. The van der Waals surface area contributed by atoms with Gasteiger partial charge in [0.2, 0.25) is 10.0 Å². The number of benzene rings is 1. The van der Waals surface area contributed by atoms with Crippen molar-refractivity contribution in [1.82, 2.24) is 19.9 Å². The Bertz CT molecular complexity index is 874. The van der Waals surface area contributed by atoms with Crippen molar-refractivity contribution >= 4 is 27.7 Å². The molecule has 0 aliphatic carbocycles. The number of amides is 2. The van der Waals surface area contributed by atoms with Gasteiger partial charge < -0.3 is 10.2 Å². The molecule has 132 valence electrons. The monoisotopic (exact) mass is 380 g/mol. The molecule has 2 N–H and O–H groups in total. The number of nitrogens with zero attached hydrogens (tertiary/aromatic N) is 2. The van der Waals surface area contributed by atoms with Crippen molar-refractivity contribution in [3.63, 3.8) is 0 Å². The van der Waals surface area contributed by atoms with Crippen LogP contribution in [0.15, 0.2) is 47.6 Å². The van der Waals surface area contributed by atoms with Gasteiger partial charge in [-0.3, -0.25) is 4.98 Å². The Morgan fingerprint density at radius 3 is 2.76 bits per heavy atom. The van der Waals surface area contributed by atoms with Crippen LogP contribution in [0.3, 0.4) is 0 Å². The number of halogens is 1. The Morgan fingerprint density at radius 2 is 2.12 bits per heavy atom. The molecule has 1 fully saturated rings. The van der Waals surface area contributed by atoms with Crippen LogP contribution in [0.4, 0.5) is 4.79 Å². The SMILES string of the molecule is O=C1NCCN1CCNS(=O)(=O)c1ccc(-c2cccnc2)cc1Cl. The highest BCUT2D eigenvalue weighted by Gasteiger charge is 2.21. The summed E-state index contributed by atoms with van der Waals surface area (Å²) in [6, 6.07) is 8.23. The molecule has 7 nitrogen and oxygen atoms in total. The Hall–Kier alpha value is -2.16. The van der Waals surface area contributed by atoms with Crippen molar-refractivity contribution in [2.45, 2.75) is 4.90 Å². The zero-order chi connectivity index (χ0) is 17.9. The van der Waals surface area contributed by atoms with Gasteiger partial charge in [-0.2, -0.15) is 0 Å². The lowest BCUT2D eigenvalue weighted by molar-refractivity contribution is 0.218. The maximum atomic E-state index is 12.4. The molecular formula is C16H17ClN4O3S. The first kappa shape index (κ1) is 17.7. The molecule has 1 aliphatic rings. The second kappa shape index (κ2) is 7.38. The minimum atomic E-state index is -3.76. The van der Waals surface area contributed by atoms with Crippen LogP contribution in [-0.2, 0) is 10.0 Å². The normalized spacial score (nSPS) is 14.6. The van der Waals surface area contributed by atoms with E-state index in [1.807, 2.05) is 6.07 Å². The molecule has 1 aromatic carbocycles. The Labute approximate surface area is 151 Å². The summed E-state index contributed by atoms with van der Waals surface area (Å²) < 4.78 is 27.3. The highest BCUT2D eigenvalue weighted by molar-refractivity contribution is 7.89. The molecule has 9 heteroatoms. The van der Waals surface area contributed by atoms with E-state index < -0.39 is 10.0 Å². The summed E-state index contributed by atoms with van der Waals surface area (Å²) in [7, 11) is -3.76. The van der Waals surface area contributed by atoms with Crippen molar-refractivity contribution in [2.24, 2.45) is 0 Å². The number of nitrogens with one attached hydrogen (secondary N) is 2. The van der Waals surface area contributed by atoms with Crippen LogP contribution >= 0.6 is 11.6 Å². The number of urea groups is 1. The van der Waals surface area contributed by atoms with E-state index >= 15 is 0 Å². The van der Waals surface area contributed by atoms with E-state index in [1.165, 1.54) is 6.07 Å². The van der Waals surface area contributed by atoms with Crippen LogP contribution in [-0.4, -0.2) is 50.5 Å². The molecule has 3 rings (SSSR count). The minimum absolute atomic E-state index is 0.00711. The van der Waals surface area contributed by atoms with E-state index in [2.05, 4.69) is 15.0 Å². The fourth-order valence-corrected chi connectivity index (χ4v) is 4.11. The molecule has 0 spiro atoms. The summed E-state index contributed by atoms with van der Waals surface area (Å²) >= 11 is 6.18. The number of rotatable bonds is 6. The van der Waals surface area contributed by atoms with Gasteiger partial charge in [0.15, 0.2) is 0 Å². The van der Waals surface area contributed by atoms with Crippen LogP contribution < -0.4 is 10.0 Å². The zero-order valence-corrected chi connectivity index (χ0v) is 14.8. The van der Waals surface area contributed by atoms with Crippen LogP contribution in [0.25, 0.3) is 11.1 Å². The number of hydrogen-bond donors (Lipinski definition) is 2. The number of carbonyl (C=O) groups is 1. The van der Waals surface area contributed by atoms with E-state index in [0.29, 0.717) is 19.6 Å². The third-order valence-corrected chi connectivity index (χ3v) is 5.78. The standard InChI is InChI=1S/C16H17ClN4O3S/c17-14-10-12(13-2-1-5-18-11-13)3-4-15(14)25(23,24)20-7-9-21-8-6-19-16(21)22/h1-5,10-11,20H,6-9H2,(H,19,22). The van der Waals surface area contributed by atoms with Crippen molar-refractivity contribution in [3.8, 4) is 11.1 Å². The van der Waals surface area contributed by atoms with E-state index in [0.717, 1.165) is 11.1 Å². The number of carbonyl (C=O) groups excluding carboxylic acids is 1. The van der Waals surface area contributed by atoms with Crippen LogP contribution in [0.5, 0.6) is 0 Å². The van der Waals surface area contributed by atoms with Gasteiger partial charge in [-0.15, -0.1) is 0 Å². The van der Waals surface area contributed by atoms with Gasteiger partial charge in [0, 0.05) is 44.1 Å². The maximum absolute atomic E-state index is 12.4. The predicted molar refractivity (Wildman–Crippen MR) is 94.8 cm³/mol. The summed E-state index contributed by atoms with van der Waals surface area (Å²) in [6.07, 6.45) is 3.34. The summed E-state index contributed by atoms with van der Waals surface area (Å²) in [6.45, 7) is 1.57. The second-order valence-electron chi connectivity index (χ2n) is 5.50. The molecular weight excluding hydrogens is 364 g/mol. The van der Waals surface area contributed by atoms with E-state index in [4.69, 9.17) is 11.6 Å². The van der Waals surface area contributed by atoms with Gasteiger partial charge in [0.25, 0.3) is 0 Å². The molecule has 2 heterocycles. The predicted octanol–water partition coefficient (Wildman–Crippen LogP) is 1.71. The Balaban J connectivity index is 1.70. The smallest absolute Gasteiger partial charge is 0.317 e. The Kier molecular flexibility index (Phi) is 5.22. The average molecular weight is 381 g/mol. The molecule has 0 saturated carbocycles. The molecule has 2 aromatic rings. The first-order valence-corrected chi connectivity index (χ1v) is 9.56. The largest absolute Gasteiger partial charge is 0.336 e. The quantitative estimate of drug-likeness (QED) is 0.798. The van der Waals surface area contributed by atoms with Crippen molar-refractivity contribution in [3.05, 3.63) is 47.7 Å². The molecule has 1 aliphatic heterocycles. The van der Waals surface area contributed by atoms with Crippen molar-refractivity contribution < 1.29 is 13.2 Å². The van der Waals surface area contributed by atoms with Crippen LogP contribution in [0.1, 0.15) is 0 Å². The Morgan fingerprint density at radius 1 is 1.28 bits per heavy atom. The summed E-state index contributed by atoms with van der Waals surface area (Å²) in [4.78, 5) is 17.0. The second-order valence-corrected chi connectivity index (χ2v) is 7.65. The van der Waals surface area contributed by atoms with Crippen molar-refractivity contribution in [1.29, 1.82) is 0 Å². The van der Waals surface area contributed by atoms with Gasteiger partial charge in [0.1, 0.15) is 4.90 Å². The molecule has 25 heavy (non-hydrogen) atoms. The van der Waals surface area contributed by atoms with Gasteiger partial charge in [-0.05, 0) is 23.8 Å². The summed E-state index contributed by atoms with van der Waals surface area (Å²) in [5, 5.41) is 2.80. The number of pyridine rings is 1. The molecule has 0 unspecified atom stereocenters. The third kappa shape index (κ3) is 4.09. The number of sulfonamides is 1. The lowest BCUT2D eigenvalue weighted by Crippen LogP contribution is -2.36. The number of aromatic nitrogens is 1. The fourth-order valence-electron chi connectivity index (χ4n) is 2.55. The molecule has 0 bridgehead atoms. The molecule has 2 amide bonds. The van der Waals surface area contributed by atoms with Gasteiger partial charge in [-0.25, -0.2) is 17.9 Å². The third-order valence-electron chi connectivity index (χ3n) is 3.84. The highest BCUT2D eigenvalue weighted by Crippen LogP contribution is 2.27. The van der Waals surface area contributed by atoms with Gasteiger partial charge in [-0.1, -0.05) is 23.7 Å². The molecule has 1 saturated heterocycles. The topological polar surface area (TPSA) is 91.4 Å². The summed E-state index contributed by atoms with van der Waals surface area (Å²) in [5.41, 5.74) is 1.63. The van der Waals surface area contributed by atoms with Crippen LogP contribution in [0, 0.1) is 0 Å². The van der Waals surface area contributed by atoms with Crippen LogP contribution in [0.2, 0.25) is 5.02 Å². The zero-order valence-electron chi connectivity index (χ0n) is 13.3. The first-order chi connectivity index (χ1) is 12.0. The van der Waals surface area contributed by atoms with E-state index in [1.54, 1.807) is 35.5 Å². The lowest BCUT2D eigenvalue weighted by atomic mass is 10.1. The number of hydrogen-bond acceptors (Lipinski definition) is 4. The molecule has 0 radical (unpaired) electrons. The average Bonchev–Trinajstić information content (AvgIpc) is 3.00. The molecule has 0 atom stereocenters. The van der Waals surface area contributed by atoms with Gasteiger partial charge >= 0.3 is 6.03 Å². The van der Waals surface area contributed by atoms with Crippen molar-refractivity contribution in [2.75, 3.05) is 26.2 Å². The van der Waals surface area contributed by atoms with E-state index in [9.17, 15) is 13.2 Å². The van der Waals surface area contributed by atoms with Gasteiger partial charge in [0.05, 0.1) is 5.02 Å².